The van der Waals surface area contributed by atoms with Gasteiger partial charge >= 0.3 is 0 Å². The summed E-state index contributed by atoms with van der Waals surface area (Å²) in [6.07, 6.45) is 7.42. The third-order valence-electron chi connectivity index (χ3n) is 4.47. The average Bonchev–Trinajstić information content (AvgIpc) is 3.13. The van der Waals surface area contributed by atoms with Gasteiger partial charge in [0.1, 0.15) is 0 Å². The molecule has 1 heterocycles. The van der Waals surface area contributed by atoms with E-state index in [9.17, 15) is 4.79 Å². The zero-order chi connectivity index (χ0) is 15.2. The molecule has 0 spiro atoms. The number of hydrogen-bond donors (Lipinski definition) is 0. The Labute approximate surface area is 133 Å². The van der Waals surface area contributed by atoms with Gasteiger partial charge in [0.2, 0.25) is 0 Å². The molecule has 1 aliphatic rings. The van der Waals surface area contributed by atoms with E-state index < -0.39 is 0 Å². The van der Waals surface area contributed by atoms with Gasteiger partial charge in [-0.3, -0.25) is 9.69 Å². The minimum Gasteiger partial charge on any atom is -0.293 e. The molecule has 1 saturated carbocycles. The van der Waals surface area contributed by atoms with E-state index in [1.54, 1.807) is 11.3 Å². The number of ketones is 1. The Bertz CT molecular complexity index is 446. The minimum absolute atomic E-state index is 0.315. The average molecular weight is 308 g/mol. The second-order valence-corrected chi connectivity index (χ2v) is 7.80. The molecule has 1 aromatic heterocycles. The van der Waals surface area contributed by atoms with Crippen molar-refractivity contribution in [3.05, 3.63) is 21.9 Å². The molecule has 0 amide bonds. The number of rotatable bonds is 8. The van der Waals surface area contributed by atoms with Crippen molar-refractivity contribution < 1.29 is 4.79 Å². The van der Waals surface area contributed by atoms with Crippen LogP contribution < -0.4 is 0 Å². The molecule has 3 heteroatoms. The predicted octanol–water partition coefficient (Wildman–Crippen LogP) is 4.78. The Kier molecular flexibility index (Phi) is 6.43. The fourth-order valence-electron chi connectivity index (χ4n) is 3.06. The summed E-state index contributed by atoms with van der Waals surface area (Å²) in [6.45, 7) is 8.36. The molecule has 1 aliphatic carbocycles. The third kappa shape index (κ3) is 4.93. The Morgan fingerprint density at radius 2 is 2.05 bits per heavy atom. The predicted molar refractivity (Wildman–Crippen MR) is 91.3 cm³/mol. The summed E-state index contributed by atoms with van der Waals surface area (Å²) in [5, 5.41) is 0. The molecule has 1 aromatic rings. The van der Waals surface area contributed by atoms with Gasteiger partial charge < -0.3 is 0 Å². The molecule has 21 heavy (non-hydrogen) atoms. The highest BCUT2D eigenvalue weighted by Crippen LogP contribution is 2.25. The molecule has 0 bridgehead atoms. The van der Waals surface area contributed by atoms with Crippen LogP contribution in [0.3, 0.4) is 0 Å². The maximum absolute atomic E-state index is 12.6. The smallest absolute Gasteiger partial charge is 0.186 e. The highest BCUT2D eigenvalue weighted by molar-refractivity contribution is 7.14. The van der Waals surface area contributed by atoms with Crippen molar-refractivity contribution in [3.8, 4) is 0 Å². The number of thiophene rings is 1. The minimum atomic E-state index is 0.315. The van der Waals surface area contributed by atoms with Crippen LogP contribution in [0.1, 0.15) is 67.4 Å². The summed E-state index contributed by atoms with van der Waals surface area (Å²) in [6, 6.07) is 4.76. The summed E-state index contributed by atoms with van der Waals surface area (Å²) in [7, 11) is 0. The van der Waals surface area contributed by atoms with Crippen LogP contribution in [0.25, 0.3) is 0 Å². The van der Waals surface area contributed by atoms with E-state index in [2.05, 4.69) is 31.7 Å². The van der Waals surface area contributed by atoms with Gasteiger partial charge in [-0.15, -0.1) is 11.3 Å². The monoisotopic (exact) mass is 307 g/mol. The quantitative estimate of drug-likeness (QED) is 0.644. The fourth-order valence-corrected chi connectivity index (χ4v) is 3.94. The van der Waals surface area contributed by atoms with Crippen LogP contribution in [0.15, 0.2) is 12.1 Å². The largest absolute Gasteiger partial charge is 0.293 e. The van der Waals surface area contributed by atoms with E-state index in [4.69, 9.17) is 0 Å². The Hall–Kier alpha value is -0.670. The topological polar surface area (TPSA) is 20.3 Å². The van der Waals surface area contributed by atoms with Gasteiger partial charge in [0, 0.05) is 10.9 Å². The Morgan fingerprint density at radius 3 is 2.62 bits per heavy atom. The highest BCUT2D eigenvalue weighted by atomic mass is 32.1. The van der Waals surface area contributed by atoms with Crippen LogP contribution in [-0.4, -0.2) is 29.8 Å². The first-order valence-electron chi connectivity index (χ1n) is 8.46. The number of carbonyl (C=O) groups is 1. The van der Waals surface area contributed by atoms with Crippen molar-refractivity contribution in [2.75, 3.05) is 13.1 Å². The molecule has 0 saturated heterocycles. The normalized spacial score (nSPS) is 16.2. The van der Waals surface area contributed by atoms with E-state index in [0.29, 0.717) is 24.3 Å². The van der Waals surface area contributed by atoms with Crippen molar-refractivity contribution in [1.29, 1.82) is 0 Å². The van der Waals surface area contributed by atoms with Crippen LogP contribution in [0.2, 0.25) is 0 Å². The number of Topliss-reactive ketones (excluding diaryl/α,β-unsaturated/α-hetero) is 1. The number of aryl methyl sites for hydroxylation is 1. The van der Waals surface area contributed by atoms with Crippen molar-refractivity contribution in [3.63, 3.8) is 0 Å². The van der Waals surface area contributed by atoms with Crippen LogP contribution in [0.4, 0.5) is 0 Å². The van der Waals surface area contributed by atoms with E-state index in [0.717, 1.165) is 17.8 Å². The van der Waals surface area contributed by atoms with Gasteiger partial charge in [0.15, 0.2) is 5.78 Å². The molecular weight excluding hydrogens is 278 g/mol. The van der Waals surface area contributed by atoms with Gasteiger partial charge in [-0.2, -0.15) is 0 Å². The van der Waals surface area contributed by atoms with Crippen LogP contribution in [-0.2, 0) is 6.42 Å². The lowest BCUT2D eigenvalue weighted by Gasteiger charge is -2.28. The molecule has 0 radical (unpaired) electrons. The fraction of sp³-hybridized carbons (Fsp3) is 0.722. The first-order valence-corrected chi connectivity index (χ1v) is 9.27. The van der Waals surface area contributed by atoms with E-state index in [1.807, 2.05) is 6.07 Å². The van der Waals surface area contributed by atoms with Gasteiger partial charge in [0.25, 0.3) is 0 Å². The molecule has 1 fully saturated rings. The van der Waals surface area contributed by atoms with Gasteiger partial charge in [-0.05, 0) is 50.3 Å². The van der Waals surface area contributed by atoms with Gasteiger partial charge in [0.05, 0.1) is 11.4 Å². The maximum atomic E-state index is 12.6. The zero-order valence-corrected chi connectivity index (χ0v) is 14.5. The molecule has 118 valence electrons. The van der Waals surface area contributed by atoms with Crippen LogP contribution in [0.5, 0.6) is 0 Å². The summed E-state index contributed by atoms with van der Waals surface area (Å²) in [5.41, 5.74) is 0. The zero-order valence-electron chi connectivity index (χ0n) is 13.7. The van der Waals surface area contributed by atoms with Crippen molar-refractivity contribution in [2.24, 2.45) is 5.92 Å². The second-order valence-electron chi connectivity index (χ2n) is 6.63. The van der Waals surface area contributed by atoms with Crippen LogP contribution >= 0.6 is 11.3 Å². The lowest BCUT2D eigenvalue weighted by Crippen LogP contribution is -2.38. The molecule has 0 atom stereocenters. The molecular formula is C18H29NOS. The van der Waals surface area contributed by atoms with E-state index >= 15 is 0 Å². The molecule has 0 N–H and O–H groups in total. The SMILES string of the molecule is CCc1ccc(C(=O)CN(CCC(C)C)C2CCCC2)s1. The lowest BCUT2D eigenvalue weighted by molar-refractivity contribution is 0.0890. The summed E-state index contributed by atoms with van der Waals surface area (Å²) < 4.78 is 0. The molecule has 2 rings (SSSR count). The Balaban J connectivity index is 1.97. The van der Waals surface area contributed by atoms with E-state index in [-0.39, 0.29) is 0 Å². The Morgan fingerprint density at radius 1 is 1.33 bits per heavy atom. The first kappa shape index (κ1) is 16.7. The number of hydrogen-bond acceptors (Lipinski definition) is 3. The summed E-state index contributed by atoms with van der Waals surface area (Å²) in [4.78, 5) is 17.3. The molecule has 0 unspecified atom stereocenters. The first-order chi connectivity index (χ1) is 10.1. The lowest BCUT2D eigenvalue weighted by atomic mass is 10.1. The third-order valence-corrected chi connectivity index (χ3v) is 5.74. The summed E-state index contributed by atoms with van der Waals surface area (Å²) in [5.74, 6) is 1.02. The van der Waals surface area contributed by atoms with Crippen molar-refractivity contribution in [2.45, 2.75) is 65.3 Å². The van der Waals surface area contributed by atoms with Crippen LogP contribution in [0, 0.1) is 5.92 Å². The summed E-state index contributed by atoms with van der Waals surface area (Å²) >= 11 is 1.67. The van der Waals surface area contributed by atoms with Crippen molar-refractivity contribution >= 4 is 17.1 Å². The standard InChI is InChI=1S/C18H29NOS/c1-4-16-9-10-18(21-16)17(20)13-19(12-11-14(2)3)15-7-5-6-8-15/h9-10,14-15H,4-8,11-13H2,1-3H3. The number of nitrogens with zero attached hydrogens (tertiary/aromatic N) is 1. The molecule has 2 nitrogen and oxygen atoms in total. The number of carbonyl (C=O) groups excluding carboxylic acids is 1. The van der Waals surface area contributed by atoms with Crippen molar-refractivity contribution in [1.82, 2.24) is 4.90 Å². The molecule has 0 aromatic carbocycles. The van der Waals surface area contributed by atoms with E-state index in [1.165, 1.54) is 37.0 Å². The molecule has 0 aliphatic heterocycles. The van der Waals surface area contributed by atoms with Gasteiger partial charge in [-0.25, -0.2) is 0 Å². The maximum Gasteiger partial charge on any atom is 0.186 e. The second kappa shape index (κ2) is 8.09. The van der Waals surface area contributed by atoms with Gasteiger partial charge in [-0.1, -0.05) is 33.6 Å². The highest BCUT2D eigenvalue weighted by Gasteiger charge is 2.25.